The third-order valence-corrected chi connectivity index (χ3v) is 5.45. The first kappa shape index (κ1) is 16.5. The van der Waals surface area contributed by atoms with E-state index in [2.05, 4.69) is 10.5 Å². The van der Waals surface area contributed by atoms with Crippen molar-refractivity contribution in [1.82, 2.24) is 5.43 Å². The van der Waals surface area contributed by atoms with Crippen molar-refractivity contribution in [2.75, 3.05) is 18.6 Å². The molecule has 7 heteroatoms. The van der Waals surface area contributed by atoms with Crippen LogP contribution in [0.3, 0.4) is 0 Å². The van der Waals surface area contributed by atoms with Gasteiger partial charge in [0.1, 0.15) is 5.75 Å². The first-order chi connectivity index (χ1) is 10.3. The minimum atomic E-state index is -3.08. The number of hydrazone groups is 1. The Morgan fingerprint density at radius 1 is 1.41 bits per heavy atom. The number of carbonyl (C=O) groups excluding carboxylic acids is 1. The van der Waals surface area contributed by atoms with Gasteiger partial charge in [0.05, 0.1) is 30.2 Å². The summed E-state index contributed by atoms with van der Waals surface area (Å²) in [6.07, 6.45) is 0.358. The van der Waals surface area contributed by atoms with Gasteiger partial charge in [0, 0.05) is 5.56 Å². The number of nitrogens with one attached hydrogen (secondary N) is 1. The number of aryl methyl sites for hydroxylation is 1. The Labute approximate surface area is 130 Å². The van der Waals surface area contributed by atoms with E-state index < -0.39 is 15.8 Å². The summed E-state index contributed by atoms with van der Waals surface area (Å²) in [6, 6.07) is 5.69. The minimum Gasteiger partial charge on any atom is -0.496 e. The van der Waals surface area contributed by atoms with E-state index in [4.69, 9.17) is 4.74 Å². The van der Waals surface area contributed by atoms with Crippen molar-refractivity contribution in [3.05, 3.63) is 29.3 Å². The number of nitrogens with zero attached hydrogens (tertiary/aromatic N) is 1. The van der Waals surface area contributed by atoms with E-state index in [1.165, 1.54) is 0 Å². The van der Waals surface area contributed by atoms with Crippen LogP contribution in [-0.4, -0.2) is 38.7 Å². The monoisotopic (exact) mass is 324 g/mol. The Morgan fingerprint density at radius 2 is 2.14 bits per heavy atom. The summed E-state index contributed by atoms with van der Waals surface area (Å²) in [6.45, 7) is 3.72. The molecule has 22 heavy (non-hydrogen) atoms. The molecule has 1 aromatic rings. The predicted molar refractivity (Wildman–Crippen MR) is 84.8 cm³/mol. The van der Waals surface area contributed by atoms with Gasteiger partial charge < -0.3 is 4.74 Å². The molecule has 1 aromatic carbocycles. The zero-order valence-corrected chi connectivity index (χ0v) is 13.7. The first-order valence-corrected chi connectivity index (χ1v) is 8.84. The van der Waals surface area contributed by atoms with Crippen molar-refractivity contribution in [1.29, 1.82) is 0 Å². The summed E-state index contributed by atoms with van der Waals surface area (Å²) in [5.74, 6) is -0.224. The zero-order chi connectivity index (χ0) is 16.3. The van der Waals surface area contributed by atoms with E-state index in [1.807, 2.05) is 25.1 Å². The summed E-state index contributed by atoms with van der Waals surface area (Å²) < 4.78 is 28.1. The zero-order valence-electron chi connectivity index (χ0n) is 12.9. The summed E-state index contributed by atoms with van der Waals surface area (Å²) in [4.78, 5) is 12.0. The smallest absolute Gasteiger partial charge is 0.244 e. The van der Waals surface area contributed by atoms with Gasteiger partial charge in [0.2, 0.25) is 5.91 Å². The van der Waals surface area contributed by atoms with Gasteiger partial charge in [-0.25, -0.2) is 13.8 Å². The molecule has 0 unspecified atom stereocenters. The van der Waals surface area contributed by atoms with Gasteiger partial charge in [0.15, 0.2) is 9.84 Å². The van der Waals surface area contributed by atoms with Crippen LogP contribution in [0.5, 0.6) is 5.75 Å². The second-order valence-corrected chi connectivity index (χ2v) is 7.71. The highest BCUT2D eigenvalue weighted by Gasteiger charge is 2.32. The number of sulfone groups is 1. The lowest BCUT2D eigenvalue weighted by Gasteiger charge is -2.10. The summed E-state index contributed by atoms with van der Waals surface area (Å²) >= 11 is 0. The number of hydrogen-bond donors (Lipinski definition) is 1. The lowest BCUT2D eigenvalue weighted by molar-refractivity contribution is -0.124. The van der Waals surface area contributed by atoms with Crippen LogP contribution < -0.4 is 10.2 Å². The molecule has 1 aliphatic rings. The standard InChI is InChI=1S/C15H20N2O4S/c1-10-4-5-14(21-3)13(8-10)11(2)16-17-15(18)12-6-7-22(19,20)9-12/h4-5,8,12H,6-7,9H2,1-3H3,(H,17,18)/b16-11-/t12-/m0/s1. The maximum atomic E-state index is 12.0. The van der Waals surface area contributed by atoms with Crippen molar-refractivity contribution in [2.45, 2.75) is 20.3 Å². The molecule has 0 spiro atoms. The molecule has 2 rings (SSSR count). The number of amides is 1. The third-order valence-electron chi connectivity index (χ3n) is 3.68. The van der Waals surface area contributed by atoms with Crippen LogP contribution in [0.1, 0.15) is 24.5 Å². The highest BCUT2D eigenvalue weighted by atomic mass is 32.2. The molecule has 1 atom stereocenters. The van der Waals surface area contributed by atoms with Crippen molar-refractivity contribution in [2.24, 2.45) is 11.0 Å². The Kier molecular flexibility index (Phi) is 4.85. The van der Waals surface area contributed by atoms with Crippen LogP contribution in [0.4, 0.5) is 0 Å². The Balaban J connectivity index is 2.10. The Hall–Kier alpha value is -1.89. The highest BCUT2D eigenvalue weighted by Crippen LogP contribution is 2.21. The summed E-state index contributed by atoms with van der Waals surface area (Å²) in [5.41, 5.74) is 4.91. The van der Waals surface area contributed by atoms with E-state index in [1.54, 1.807) is 14.0 Å². The van der Waals surface area contributed by atoms with Gasteiger partial charge in [-0.05, 0) is 32.4 Å². The van der Waals surface area contributed by atoms with Crippen molar-refractivity contribution in [3.8, 4) is 5.75 Å². The number of hydrogen-bond acceptors (Lipinski definition) is 5. The average molecular weight is 324 g/mol. The van der Waals surface area contributed by atoms with Gasteiger partial charge >= 0.3 is 0 Å². The van der Waals surface area contributed by atoms with E-state index in [9.17, 15) is 13.2 Å². The largest absolute Gasteiger partial charge is 0.496 e. The highest BCUT2D eigenvalue weighted by molar-refractivity contribution is 7.91. The summed E-state index contributed by atoms with van der Waals surface area (Å²) in [7, 11) is -1.50. The number of ether oxygens (including phenoxy) is 1. The normalized spacial score (nSPS) is 20.7. The minimum absolute atomic E-state index is 0.0689. The van der Waals surface area contributed by atoms with Crippen molar-refractivity contribution in [3.63, 3.8) is 0 Å². The number of methoxy groups -OCH3 is 1. The maximum absolute atomic E-state index is 12.0. The SMILES string of the molecule is COc1ccc(C)cc1/C(C)=N\NC(=O)[C@H]1CCS(=O)(=O)C1. The number of rotatable bonds is 4. The van der Waals surface area contributed by atoms with Gasteiger partial charge in [-0.15, -0.1) is 0 Å². The maximum Gasteiger partial charge on any atom is 0.244 e. The number of benzene rings is 1. The molecular weight excluding hydrogens is 304 g/mol. The Bertz CT molecular complexity index is 710. The van der Waals surface area contributed by atoms with Crippen LogP contribution in [0.15, 0.2) is 23.3 Å². The molecule has 120 valence electrons. The Morgan fingerprint density at radius 3 is 2.73 bits per heavy atom. The second kappa shape index (κ2) is 6.48. The van der Waals surface area contributed by atoms with Crippen LogP contribution in [0.2, 0.25) is 0 Å². The van der Waals surface area contributed by atoms with Gasteiger partial charge in [-0.3, -0.25) is 4.79 Å². The van der Waals surface area contributed by atoms with E-state index >= 15 is 0 Å². The van der Waals surface area contributed by atoms with Crippen LogP contribution in [0.25, 0.3) is 0 Å². The fraction of sp³-hybridized carbons (Fsp3) is 0.467. The second-order valence-electron chi connectivity index (χ2n) is 5.48. The van der Waals surface area contributed by atoms with Crippen LogP contribution in [0, 0.1) is 12.8 Å². The molecule has 1 aliphatic heterocycles. The molecule has 1 amide bonds. The molecule has 0 radical (unpaired) electrons. The predicted octanol–water partition coefficient (Wildman–Crippen LogP) is 1.28. The molecular formula is C15H20N2O4S. The summed E-state index contributed by atoms with van der Waals surface area (Å²) in [5, 5.41) is 4.08. The van der Waals surface area contributed by atoms with Crippen molar-refractivity contribution >= 4 is 21.5 Å². The topological polar surface area (TPSA) is 84.8 Å². The lowest BCUT2D eigenvalue weighted by Crippen LogP contribution is -2.28. The fourth-order valence-corrected chi connectivity index (χ4v) is 4.14. The van der Waals surface area contributed by atoms with E-state index in [-0.39, 0.29) is 17.4 Å². The molecule has 6 nitrogen and oxygen atoms in total. The molecule has 0 saturated carbocycles. The molecule has 1 heterocycles. The van der Waals surface area contributed by atoms with Crippen LogP contribution >= 0.6 is 0 Å². The van der Waals surface area contributed by atoms with Crippen molar-refractivity contribution < 1.29 is 17.9 Å². The molecule has 0 bridgehead atoms. The van der Waals surface area contributed by atoms with E-state index in [0.29, 0.717) is 17.9 Å². The average Bonchev–Trinajstić information content (AvgIpc) is 2.84. The fourth-order valence-electron chi connectivity index (χ4n) is 2.40. The van der Waals surface area contributed by atoms with Gasteiger partial charge in [0.25, 0.3) is 0 Å². The first-order valence-electron chi connectivity index (χ1n) is 7.02. The van der Waals surface area contributed by atoms with Crippen LogP contribution in [-0.2, 0) is 14.6 Å². The lowest BCUT2D eigenvalue weighted by atomic mass is 10.1. The van der Waals surface area contributed by atoms with Gasteiger partial charge in [-0.1, -0.05) is 11.6 Å². The quantitative estimate of drug-likeness (QED) is 0.668. The van der Waals surface area contributed by atoms with E-state index in [0.717, 1.165) is 11.1 Å². The molecule has 0 aliphatic carbocycles. The van der Waals surface area contributed by atoms with Gasteiger partial charge in [-0.2, -0.15) is 5.10 Å². The molecule has 1 fully saturated rings. The molecule has 0 aromatic heterocycles. The third kappa shape index (κ3) is 3.85. The molecule has 1 saturated heterocycles. The molecule has 1 N–H and O–H groups in total. The number of carbonyl (C=O) groups is 1.